The summed E-state index contributed by atoms with van der Waals surface area (Å²) >= 11 is 1.04. The van der Waals surface area contributed by atoms with Gasteiger partial charge in [-0.2, -0.15) is 0 Å². The normalized spacial score (nSPS) is 13.4. The number of hydrogen-bond donors (Lipinski definition) is 3. The summed E-state index contributed by atoms with van der Waals surface area (Å²) in [5.74, 6) is -2.43. The van der Waals surface area contributed by atoms with Gasteiger partial charge >= 0.3 is 0 Å². The van der Waals surface area contributed by atoms with Crippen molar-refractivity contribution in [1.29, 1.82) is 0 Å². The molecule has 3 rings (SSSR count). The summed E-state index contributed by atoms with van der Waals surface area (Å²) in [6.45, 7) is 2.65. The quantitative estimate of drug-likeness (QED) is 0.328. The van der Waals surface area contributed by atoms with E-state index >= 15 is 0 Å². The van der Waals surface area contributed by atoms with Crippen molar-refractivity contribution in [2.45, 2.75) is 44.2 Å². The lowest BCUT2D eigenvalue weighted by Crippen LogP contribution is -2.48. The molecule has 0 aliphatic rings. The van der Waals surface area contributed by atoms with E-state index in [1.807, 2.05) is 18.2 Å². The number of amides is 1. The molecule has 0 aliphatic heterocycles. The number of benzene rings is 2. The van der Waals surface area contributed by atoms with Crippen molar-refractivity contribution in [3.8, 4) is 0 Å². The third-order valence-corrected chi connectivity index (χ3v) is 7.24. The fourth-order valence-corrected chi connectivity index (χ4v) is 5.67. The van der Waals surface area contributed by atoms with E-state index in [9.17, 15) is 27.1 Å². The van der Waals surface area contributed by atoms with Gasteiger partial charge in [0.15, 0.2) is 9.84 Å². The van der Waals surface area contributed by atoms with Gasteiger partial charge in [0.2, 0.25) is 0 Å². The number of aromatic nitrogens is 1. The van der Waals surface area contributed by atoms with Crippen LogP contribution in [0.3, 0.4) is 0 Å². The standard InChI is InChI=1S/C25H29F2N3O4S2/c1-3-16-5-4-6-17(7-16)12-28-13-23(31)21(10-18-8-19(26)11-20(27)9-18)30-25(32)22-14-35-24(29-22)15-36(2,33)34/h4-9,11,14,21,23,28,31H,3,10,12-13,15H2,1-2H3,(H,30,32)/t21-,23-/m0/s1. The van der Waals surface area contributed by atoms with Crippen LogP contribution in [0.2, 0.25) is 0 Å². The zero-order chi connectivity index (χ0) is 26.3. The van der Waals surface area contributed by atoms with E-state index in [1.165, 1.54) is 10.9 Å². The van der Waals surface area contributed by atoms with Crippen LogP contribution in [0, 0.1) is 11.6 Å². The second-order valence-electron chi connectivity index (χ2n) is 8.63. The highest BCUT2D eigenvalue weighted by atomic mass is 32.2. The van der Waals surface area contributed by atoms with E-state index in [1.54, 1.807) is 0 Å². The molecule has 2 aromatic carbocycles. The number of sulfone groups is 1. The molecular weight excluding hydrogens is 508 g/mol. The van der Waals surface area contributed by atoms with Crippen LogP contribution in [0.5, 0.6) is 0 Å². The molecule has 3 N–H and O–H groups in total. The molecule has 7 nitrogen and oxygen atoms in total. The summed E-state index contributed by atoms with van der Waals surface area (Å²) in [6, 6.07) is 10.2. The molecule has 0 spiro atoms. The molecule has 0 saturated carbocycles. The number of rotatable bonds is 12. The molecular formula is C25H29F2N3O4S2. The van der Waals surface area contributed by atoms with Crippen molar-refractivity contribution in [3.63, 3.8) is 0 Å². The Hall–Kier alpha value is -2.73. The fourth-order valence-electron chi connectivity index (χ4n) is 3.68. The maximum absolute atomic E-state index is 13.7. The minimum absolute atomic E-state index is 0.00520. The predicted octanol–water partition coefficient (Wildman–Crippen LogP) is 3.02. The van der Waals surface area contributed by atoms with Crippen LogP contribution in [0.4, 0.5) is 8.78 Å². The maximum Gasteiger partial charge on any atom is 0.271 e. The summed E-state index contributed by atoms with van der Waals surface area (Å²) in [5, 5.41) is 18.4. The Labute approximate surface area is 213 Å². The molecule has 0 fully saturated rings. The Kier molecular flexibility index (Phi) is 9.66. The van der Waals surface area contributed by atoms with E-state index in [-0.39, 0.29) is 35.0 Å². The van der Waals surface area contributed by atoms with Crippen molar-refractivity contribution in [3.05, 3.63) is 86.9 Å². The summed E-state index contributed by atoms with van der Waals surface area (Å²) in [5.41, 5.74) is 2.50. The molecule has 3 aromatic rings. The summed E-state index contributed by atoms with van der Waals surface area (Å²) in [7, 11) is -3.32. The van der Waals surface area contributed by atoms with Crippen LogP contribution in [0.1, 0.15) is 39.1 Å². The van der Waals surface area contributed by atoms with Crippen LogP contribution in [-0.4, -0.2) is 49.4 Å². The second-order valence-corrected chi connectivity index (χ2v) is 11.7. The smallest absolute Gasteiger partial charge is 0.271 e. The van der Waals surface area contributed by atoms with Gasteiger partial charge in [-0.15, -0.1) is 11.3 Å². The number of aryl methyl sites for hydroxylation is 1. The lowest BCUT2D eigenvalue weighted by atomic mass is 10.00. The number of nitrogens with zero attached hydrogens (tertiary/aromatic N) is 1. The van der Waals surface area contributed by atoms with Crippen LogP contribution in [0.15, 0.2) is 47.8 Å². The van der Waals surface area contributed by atoms with Gasteiger partial charge in [0, 0.05) is 30.8 Å². The van der Waals surface area contributed by atoms with E-state index in [0.717, 1.165) is 47.8 Å². The Morgan fingerprint density at radius 3 is 2.47 bits per heavy atom. The van der Waals surface area contributed by atoms with Crippen molar-refractivity contribution < 1.29 is 27.1 Å². The van der Waals surface area contributed by atoms with Crippen LogP contribution < -0.4 is 10.6 Å². The van der Waals surface area contributed by atoms with Crippen molar-refractivity contribution >= 4 is 27.1 Å². The molecule has 0 radical (unpaired) electrons. The molecule has 0 aliphatic carbocycles. The molecule has 1 heterocycles. The van der Waals surface area contributed by atoms with Gasteiger partial charge in [-0.3, -0.25) is 4.79 Å². The van der Waals surface area contributed by atoms with Gasteiger partial charge in [-0.1, -0.05) is 31.2 Å². The lowest BCUT2D eigenvalue weighted by molar-refractivity contribution is 0.0825. The second kappa shape index (κ2) is 12.5. The number of thiazole rings is 1. The highest BCUT2D eigenvalue weighted by molar-refractivity contribution is 7.90. The summed E-state index contributed by atoms with van der Waals surface area (Å²) in [4.78, 5) is 16.9. The molecule has 0 bridgehead atoms. The Morgan fingerprint density at radius 2 is 1.81 bits per heavy atom. The number of hydrogen-bond acceptors (Lipinski definition) is 7. The third-order valence-electron chi connectivity index (χ3n) is 5.41. The number of aliphatic hydroxyl groups excluding tert-OH is 1. The number of carbonyl (C=O) groups excluding carboxylic acids is 1. The molecule has 194 valence electrons. The topological polar surface area (TPSA) is 108 Å². The SMILES string of the molecule is CCc1cccc(CNC[C@H](O)[C@H](Cc2cc(F)cc(F)c2)NC(=O)c2csc(CS(C)(=O)=O)n2)c1. The first-order valence-corrected chi connectivity index (χ1v) is 14.3. The molecule has 0 saturated heterocycles. The first-order chi connectivity index (χ1) is 17.0. The summed E-state index contributed by atoms with van der Waals surface area (Å²) < 4.78 is 50.5. The number of carbonyl (C=O) groups is 1. The van der Waals surface area contributed by atoms with E-state index < -0.39 is 39.5 Å². The van der Waals surface area contributed by atoms with Gasteiger partial charge in [0.05, 0.1) is 12.1 Å². The number of aliphatic hydroxyl groups is 1. The minimum atomic E-state index is -3.32. The minimum Gasteiger partial charge on any atom is -0.390 e. The Balaban J connectivity index is 1.71. The van der Waals surface area contributed by atoms with Crippen LogP contribution >= 0.6 is 11.3 Å². The molecule has 0 unspecified atom stereocenters. The monoisotopic (exact) mass is 537 g/mol. The van der Waals surface area contributed by atoms with E-state index in [2.05, 4.69) is 28.6 Å². The zero-order valence-electron chi connectivity index (χ0n) is 20.0. The Morgan fingerprint density at radius 1 is 1.11 bits per heavy atom. The third kappa shape index (κ3) is 8.74. The zero-order valence-corrected chi connectivity index (χ0v) is 21.6. The first kappa shape index (κ1) is 27.9. The van der Waals surface area contributed by atoms with Crippen molar-refractivity contribution in [2.24, 2.45) is 0 Å². The predicted molar refractivity (Wildman–Crippen MR) is 136 cm³/mol. The average molecular weight is 538 g/mol. The number of nitrogens with one attached hydrogen (secondary N) is 2. The van der Waals surface area contributed by atoms with Crippen LogP contribution in [-0.2, 0) is 35.0 Å². The largest absolute Gasteiger partial charge is 0.390 e. The highest BCUT2D eigenvalue weighted by Crippen LogP contribution is 2.15. The van der Waals surface area contributed by atoms with Crippen molar-refractivity contribution in [2.75, 3.05) is 12.8 Å². The van der Waals surface area contributed by atoms with Gasteiger partial charge in [-0.25, -0.2) is 22.2 Å². The van der Waals surface area contributed by atoms with Crippen molar-refractivity contribution in [1.82, 2.24) is 15.6 Å². The molecule has 2 atom stereocenters. The Bertz CT molecular complexity index is 1280. The lowest BCUT2D eigenvalue weighted by Gasteiger charge is -2.24. The van der Waals surface area contributed by atoms with Crippen LogP contribution in [0.25, 0.3) is 0 Å². The van der Waals surface area contributed by atoms with Gasteiger partial charge < -0.3 is 15.7 Å². The van der Waals surface area contributed by atoms with Gasteiger partial charge in [0.25, 0.3) is 5.91 Å². The molecule has 1 amide bonds. The molecule has 36 heavy (non-hydrogen) atoms. The summed E-state index contributed by atoms with van der Waals surface area (Å²) in [6.07, 6.45) is 0.847. The maximum atomic E-state index is 13.7. The fraction of sp³-hybridized carbons (Fsp3) is 0.360. The molecule has 11 heteroatoms. The average Bonchev–Trinajstić information content (AvgIpc) is 3.25. The highest BCUT2D eigenvalue weighted by Gasteiger charge is 2.24. The van der Waals surface area contributed by atoms with E-state index in [4.69, 9.17) is 0 Å². The van der Waals surface area contributed by atoms with Gasteiger partial charge in [0.1, 0.15) is 28.1 Å². The van der Waals surface area contributed by atoms with E-state index in [0.29, 0.717) is 6.54 Å². The molecule has 1 aromatic heterocycles. The first-order valence-electron chi connectivity index (χ1n) is 11.4. The van der Waals surface area contributed by atoms with Gasteiger partial charge in [-0.05, 0) is 41.7 Å². The number of halogens is 2.